The Morgan fingerprint density at radius 2 is 2.10 bits per heavy atom. The molecule has 0 saturated heterocycles. The summed E-state index contributed by atoms with van der Waals surface area (Å²) in [4.78, 5) is 16.8. The summed E-state index contributed by atoms with van der Waals surface area (Å²) in [5, 5.41) is 6.60. The highest BCUT2D eigenvalue weighted by Gasteiger charge is 2.21. The van der Waals surface area contributed by atoms with E-state index < -0.39 is 0 Å². The summed E-state index contributed by atoms with van der Waals surface area (Å²) in [6.45, 7) is 5.68. The predicted molar refractivity (Wildman–Crippen MR) is 84.9 cm³/mol. The molecule has 0 aliphatic rings. The van der Waals surface area contributed by atoms with Gasteiger partial charge in [0.1, 0.15) is 10.7 Å². The van der Waals surface area contributed by atoms with Gasteiger partial charge >= 0.3 is 0 Å². The number of rotatable bonds is 9. The third-order valence-electron chi connectivity index (χ3n) is 2.91. The van der Waals surface area contributed by atoms with Gasteiger partial charge in [-0.05, 0) is 5.92 Å². The topological polar surface area (TPSA) is 98.5 Å². The third-order valence-corrected chi connectivity index (χ3v) is 3.94. The maximum Gasteiger partial charge on any atom is 0.265 e. The second kappa shape index (κ2) is 8.81. The fourth-order valence-corrected chi connectivity index (χ4v) is 2.46. The molecule has 0 radical (unpaired) electrons. The number of hydrogen-bond donors (Lipinski definition) is 3. The first-order valence-electron chi connectivity index (χ1n) is 6.78. The van der Waals surface area contributed by atoms with Crippen molar-refractivity contribution in [3.8, 4) is 0 Å². The smallest absolute Gasteiger partial charge is 0.265 e. The molecule has 120 valence electrons. The highest BCUT2D eigenvalue weighted by Crippen LogP contribution is 2.25. The highest BCUT2D eigenvalue weighted by atomic mass is 32.1. The van der Waals surface area contributed by atoms with Crippen LogP contribution in [-0.4, -0.2) is 50.9 Å². The number of amides is 1. The minimum absolute atomic E-state index is 0.0612. The summed E-state index contributed by atoms with van der Waals surface area (Å²) < 4.78 is 10.1. The molecular weight excluding hydrogens is 292 g/mol. The fourth-order valence-electron chi connectivity index (χ4n) is 1.64. The summed E-state index contributed by atoms with van der Waals surface area (Å²) in [5.74, 6) is 0.278. The van der Waals surface area contributed by atoms with E-state index in [-0.39, 0.29) is 23.7 Å². The zero-order chi connectivity index (χ0) is 15.8. The molecular formula is C13H24N4O3S. The quantitative estimate of drug-likeness (QED) is 0.592. The van der Waals surface area contributed by atoms with Crippen molar-refractivity contribution in [2.45, 2.75) is 19.9 Å². The molecule has 1 atom stereocenters. The lowest BCUT2D eigenvalue weighted by molar-refractivity contribution is 0.0871. The van der Waals surface area contributed by atoms with Gasteiger partial charge < -0.3 is 25.8 Å². The van der Waals surface area contributed by atoms with Gasteiger partial charge in [-0.25, -0.2) is 4.98 Å². The first kappa shape index (κ1) is 17.7. The Labute approximate surface area is 129 Å². The van der Waals surface area contributed by atoms with Crippen molar-refractivity contribution >= 4 is 28.2 Å². The van der Waals surface area contributed by atoms with Crippen LogP contribution >= 0.6 is 11.3 Å². The van der Waals surface area contributed by atoms with Crippen LogP contribution in [0.3, 0.4) is 0 Å². The van der Waals surface area contributed by atoms with Gasteiger partial charge in [0.2, 0.25) is 0 Å². The van der Waals surface area contributed by atoms with Crippen molar-refractivity contribution in [3.63, 3.8) is 0 Å². The van der Waals surface area contributed by atoms with Crippen molar-refractivity contribution in [2.24, 2.45) is 5.92 Å². The van der Waals surface area contributed by atoms with Gasteiger partial charge in [0.25, 0.3) is 5.91 Å². The van der Waals surface area contributed by atoms with E-state index >= 15 is 0 Å². The second-order valence-corrected chi connectivity index (χ2v) is 5.93. The number of nitrogen functional groups attached to an aromatic ring is 1. The highest BCUT2D eigenvalue weighted by molar-refractivity contribution is 7.18. The van der Waals surface area contributed by atoms with Crippen molar-refractivity contribution in [3.05, 3.63) is 4.88 Å². The molecule has 1 aromatic heterocycles. The summed E-state index contributed by atoms with van der Waals surface area (Å²) in [6.07, 6.45) is 0. The van der Waals surface area contributed by atoms with E-state index in [1.54, 1.807) is 14.2 Å². The zero-order valence-electron chi connectivity index (χ0n) is 12.9. The number of hydrogen-bond acceptors (Lipinski definition) is 7. The van der Waals surface area contributed by atoms with E-state index in [0.717, 1.165) is 0 Å². The Kier molecular flexibility index (Phi) is 7.41. The molecule has 8 heteroatoms. The third kappa shape index (κ3) is 5.49. The molecule has 1 unspecified atom stereocenters. The maximum absolute atomic E-state index is 12.3. The van der Waals surface area contributed by atoms with E-state index in [4.69, 9.17) is 15.2 Å². The number of carbonyl (C=O) groups is 1. The molecule has 0 aromatic carbocycles. The predicted octanol–water partition coefficient (Wildman–Crippen LogP) is 1.18. The van der Waals surface area contributed by atoms with Crippen molar-refractivity contribution in [1.82, 2.24) is 10.3 Å². The molecule has 0 bridgehead atoms. The average molecular weight is 316 g/mol. The molecule has 21 heavy (non-hydrogen) atoms. The summed E-state index contributed by atoms with van der Waals surface area (Å²) in [6, 6.07) is -0.0612. The van der Waals surface area contributed by atoms with Gasteiger partial charge in [-0.3, -0.25) is 4.79 Å². The Morgan fingerprint density at radius 1 is 1.38 bits per heavy atom. The van der Waals surface area contributed by atoms with Gasteiger partial charge in [0.05, 0.1) is 19.3 Å². The number of nitrogens with two attached hydrogens (primary N) is 1. The van der Waals surface area contributed by atoms with Crippen molar-refractivity contribution in [1.29, 1.82) is 0 Å². The number of anilines is 2. The summed E-state index contributed by atoms with van der Waals surface area (Å²) >= 11 is 1.23. The Balaban J connectivity index is 2.68. The van der Waals surface area contributed by atoms with E-state index in [9.17, 15) is 4.79 Å². The first-order valence-corrected chi connectivity index (χ1v) is 7.60. The minimum atomic E-state index is -0.222. The van der Waals surface area contributed by atoms with Crippen LogP contribution in [0, 0.1) is 5.92 Å². The van der Waals surface area contributed by atoms with Gasteiger partial charge in [0.15, 0.2) is 5.13 Å². The van der Waals surface area contributed by atoms with E-state index in [2.05, 4.69) is 15.6 Å². The van der Waals surface area contributed by atoms with Gasteiger partial charge in [-0.15, -0.1) is 0 Å². The number of aromatic nitrogens is 1. The molecule has 1 rings (SSSR count). The average Bonchev–Trinajstić information content (AvgIpc) is 2.79. The lowest BCUT2D eigenvalue weighted by Gasteiger charge is -2.21. The number of ether oxygens (including phenoxy) is 2. The van der Waals surface area contributed by atoms with Crippen LogP contribution in [0.5, 0.6) is 0 Å². The van der Waals surface area contributed by atoms with Crippen LogP contribution in [0.2, 0.25) is 0 Å². The largest absolute Gasteiger partial charge is 0.383 e. The van der Waals surface area contributed by atoms with E-state index in [1.165, 1.54) is 11.3 Å². The Bertz CT molecular complexity index is 451. The van der Waals surface area contributed by atoms with E-state index in [1.807, 2.05) is 13.8 Å². The van der Waals surface area contributed by atoms with E-state index in [0.29, 0.717) is 29.8 Å². The molecule has 0 saturated carbocycles. The summed E-state index contributed by atoms with van der Waals surface area (Å²) in [7, 11) is 3.24. The van der Waals surface area contributed by atoms with Crippen molar-refractivity contribution in [2.75, 3.05) is 45.0 Å². The van der Waals surface area contributed by atoms with Gasteiger partial charge in [0, 0.05) is 20.8 Å². The maximum atomic E-state index is 12.3. The van der Waals surface area contributed by atoms with Crippen molar-refractivity contribution < 1.29 is 14.3 Å². The number of methoxy groups -OCH3 is 2. The Hall–Kier alpha value is -1.38. The Morgan fingerprint density at radius 3 is 2.67 bits per heavy atom. The monoisotopic (exact) mass is 316 g/mol. The molecule has 0 fully saturated rings. The summed E-state index contributed by atoms with van der Waals surface area (Å²) in [5.41, 5.74) is 5.81. The molecule has 0 aliphatic carbocycles. The molecule has 1 aromatic rings. The van der Waals surface area contributed by atoms with Crippen LogP contribution in [0.25, 0.3) is 0 Å². The second-order valence-electron chi connectivity index (χ2n) is 4.93. The van der Waals surface area contributed by atoms with Crippen LogP contribution in [-0.2, 0) is 9.47 Å². The van der Waals surface area contributed by atoms with Crippen LogP contribution in [0.1, 0.15) is 23.5 Å². The number of nitrogens with zero attached hydrogens (tertiary/aromatic N) is 1. The van der Waals surface area contributed by atoms with Crippen LogP contribution in [0.15, 0.2) is 0 Å². The zero-order valence-corrected chi connectivity index (χ0v) is 13.8. The minimum Gasteiger partial charge on any atom is -0.383 e. The SMILES string of the molecule is COCCNc1nc(N)c(C(=O)NC(COC)C(C)C)s1. The standard InChI is InChI=1S/C13H24N4O3S/c1-8(2)9(7-20-4)16-12(18)10-11(14)17-13(21-10)15-5-6-19-3/h8-9H,5-7,14H2,1-4H3,(H,15,17)(H,16,18). The lowest BCUT2D eigenvalue weighted by atomic mass is 10.1. The van der Waals surface area contributed by atoms with Crippen LogP contribution in [0.4, 0.5) is 10.9 Å². The number of carbonyl (C=O) groups excluding carboxylic acids is 1. The van der Waals surface area contributed by atoms with Gasteiger partial charge in [-0.2, -0.15) is 0 Å². The molecule has 1 heterocycles. The molecule has 1 amide bonds. The molecule has 4 N–H and O–H groups in total. The normalized spacial score (nSPS) is 12.4. The molecule has 0 aliphatic heterocycles. The number of nitrogens with one attached hydrogen (secondary N) is 2. The fraction of sp³-hybridized carbons (Fsp3) is 0.692. The molecule has 7 nitrogen and oxygen atoms in total. The van der Waals surface area contributed by atoms with Gasteiger partial charge in [-0.1, -0.05) is 25.2 Å². The molecule has 0 spiro atoms. The number of thiazole rings is 1. The first-order chi connectivity index (χ1) is 9.99. The van der Waals surface area contributed by atoms with Crippen LogP contribution < -0.4 is 16.4 Å². The lowest BCUT2D eigenvalue weighted by Crippen LogP contribution is -2.41.